The zero-order chi connectivity index (χ0) is 13.1. The zero-order valence-corrected chi connectivity index (χ0v) is 10.9. The van der Waals surface area contributed by atoms with Crippen LogP contribution in [0.1, 0.15) is 18.9 Å². The first-order valence-corrected chi connectivity index (χ1v) is 5.89. The molecule has 2 rings (SSSR count). The van der Waals surface area contributed by atoms with E-state index in [2.05, 4.69) is 0 Å². The summed E-state index contributed by atoms with van der Waals surface area (Å²) in [6, 6.07) is 1.87. The predicted octanol–water partition coefficient (Wildman–Crippen LogP) is 1.75. The molecule has 0 fully saturated rings. The molecule has 1 N–H and O–H groups in total. The number of methoxy groups -OCH3 is 2. The van der Waals surface area contributed by atoms with Gasteiger partial charge >= 0.3 is 0 Å². The van der Waals surface area contributed by atoms with Gasteiger partial charge in [0.15, 0.2) is 11.5 Å². The average molecular weight is 254 g/mol. The fraction of sp³-hybridized carbons (Fsp3) is 0.538. The molecule has 0 radical (unpaired) electrons. The van der Waals surface area contributed by atoms with Gasteiger partial charge in [-0.15, -0.1) is 0 Å². The third-order valence-electron chi connectivity index (χ3n) is 2.90. The number of hydrogen-bond acceptors (Lipinski definition) is 5. The minimum absolute atomic E-state index is 0.169. The summed E-state index contributed by atoms with van der Waals surface area (Å²) in [6.45, 7) is 1.93. The van der Waals surface area contributed by atoms with E-state index in [0.717, 1.165) is 5.56 Å². The van der Waals surface area contributed by atoms with Crippen molar-refractivity contribution in [1.82, 2.24) is 0 Å². The van der Waals surface area contributed by atoms with E-state index < -0.39 is 0 Å². The molecule has 0 saturated carbocycles. The highest BCUT2D eigenvalue weighted by Gasteiger charge is 2.26. The topological polar surface area (TPSA) is 57.2 Å². The van der Waals surface area contributed by atoms with E-state index in [-0.39, 0.29) is 12.9 Å². The summed E-state index contributed by atoms with van der Waals surface area (Å²) in [6.07, 6.45) is 0.985. The Morgan fingerprint density at radius 3 is 2.61 bits per heavy atom. The van der Waals surface area contributed by atoms with Gasteiger partial charge in [0, 0.05) is 5.56 Å². The molecule has 0 amide bonds. The van der Waals surface area contributed by atoms with Gasteiger partial charge in [-0.2, -0.15) is 0 Å². The van der Waals surface area contributed by atoms with Gasteiger partial charge in [-0.1, -0.05) is 0 Å². The molecule has 1 atom stereocenters. The summed E-state index contributed by atoms with van der Waals surface area (Å²) in [5, 5.41) is 9.37. The third-order valence-corrected chi connectivity index (χ3v) is 2.90. The second-order valence-electron chi connectivity index (χ2n) is 4.22. The standard InChI is InChI=1S/C13H18O5/c1-8(14)4-5-9-6-10(15-2)12-13(11(9)16-3)18-7-17-12/h6,8,14H,4-5,7H2,1-3H3/t8-/m0/s1. The maximum absolute atomic E-state index is 9.37. The van der Waals surface area contributed by atoms with Crippen molar-refractivity contribution in [1.29, 1.82) is 0 Å². The van der Waals surface area contributed by atoms with Crippen LogP contribution in [-0.4, -0.2) is 32.2 Å². The van der Waals surface area contributed by atoms with Crippen LogP contribution in [0.15, 0.2) is 6.07 Å². The second-order valence-corrected chi connectivity index (χ2v) is 4.22. The molecule has 1 heterocycles. The Morgan fingerprint density at radius 2 is 2.00 bits per heavy atom. The summed E-state index contributed by atoms with van der Waals surface area (Å²) in [4.78, 5) is 0. The van der Waals surface area contributed by atoms with E-state index in [1.165, 1.54) is 0 Å². The first kappa shape index (κ1) is 12.8. The molecule has 18 heavy (non-hydrogen) atoms. The number of ether oxygens (including phenoxy) is 4. The van der Waals surface area contributed by atoms with Crippen LogP contribution < -0.4 is 18.9 Å². The smallest absolute Gasteiger partial charge is 0.231 e. The first-order chi connectivity index (χ1) is 8.67. The van der Waals surface area contributed by atoms with E-state index in [4.69, 9.17) is 18.9 Å². The molecule has 0 aromatic heterocycles. The molecule has 100 valence electrons. The van der Waals surface area contributed by atoms with Gasteiger partial charge in [-0.25, -0.2) is 0 Å². The minimum Gasteiger partial charge on any atom is -0.493 e. The monoisotopic (exact) mass is 254 g/mol. The minimum atomic E-state index is -0.355. The lowest BCUT2D eigenvalue weighted by Crippen LogP contribution is -2.03. The van der Waals surface area contributed by atoms with Crippen molar-refractivity contribution >= 4 is 0 Å². The van der Waals surface area contributed by atoms with Gasteiger partial charge in [0.1, 0.15) is 0 Å². The van der Waals surface area contributed by atoms with Gasteiger partial charge in [0.25, 0.3) is 0 Å². The molecule has 1 aliphatic heterocycles. The molecular formula is C13H18O5. The van der Waals surface area contributed by atoms with Crippen molar-refractivity contribution in [2.45, 2.75) is 25.9 Å². The van der Waals surface area contributed by atoms with Crippen LogP contribution in [-0.2, 0) is 6.42 Å². The molecule has 0 aliphatic carbocycles. The Morgan fingerprint density at radius 1 is 1.28 bits per heavy atom. The SMILES string of the molecule is COc1cc(CC[C@H](C)O)c(OC)c2c1OCO2. The molecule has 0 spiro atoms. The van der Waals surface area contributed by atoms with Crippen LogP contribution in [0.5, 0.6) is 23.0 Å². The second kappa shape index (κ2) is 5.35. The summed E-state index contributed by atoms with van der Waals surface area (Å²) >= 11 is 0. The van der Waals surface area contributed by atoms with Crippen LogP contribution in [0.3, 0.4) is 0 Å². The van der Waals surface area contributed by atoms with Crippen LogP contribution in [0.25, 0.3) is 0 Å². The van der Waals surface area contributed by atoms with E-state index >= 15 is 0 Å². The summed E-state index contributed by atoms with van der Waals surface area (Å²) in [5.74, 6) is 2.44. The Kier molecular flexibility index (Phi) is 3.81. The summed E-state index contributed by atoms with van der Waals surface area (Å²) < 4.78 is 21.4. The molecule has 5 nitrogen and oxygen atoms in total. The summed E-state index contributed by atoms with van der Waals surface area (Å²) in [7, 11) is 3.18. The molecule has 0 unspecified atom stereocenters. The highest BCUT2D eigenvalue weighted by Crippen LogP contribution is 2.49. The number of benzene rings is 1. The van der Waals surface area contributed by atoms with Crippen molar-refractivity contribution in [3.8, 4) is 23.0 Å². The Labute approximate surface area is 106 Å². The lowest BCUT2D eigenvalue weighted by atomic mass is 10.0. The van der Waals surface area contributed by atoms with Crippen molar-refractivity contribution in [3.63, 3.8) is 0 Å². The normalized spacial score (nSPS) is 14.4. The number of aryl methyl sites for hydroxylation is 1. The van der Waals surface area contributed by atoms with Gasteiger partial charge in [-0.05, 0) is 25.8 Å². The van der Waals surface area contributed by atoms with Crippen molar-refractivity contribution in [3.05, 3.63) is 11.6 Å². The van der Waals surface area contributed by atoms with Crippen LogP contribution in [0, 0.1) is 0 Å². The van der Waals surface area contributed by atoms with Gasteiger partial charge < -0.3 is 24.1 Å². The maximum atomic E-state index is 9.37. The summed E-state index contributed by atoms with van der Waals surface area (Å²) in [5.41, 5.74) is 0.944. The molecule has 1 aromatic carbocycles. The predicted molar refractivity (Wildman–Crippen MR) is 65.7 cm³/mol. The van der Waals surface area contributed by atoms with E-state index in [0.29, 0.717) is 35.8 Å². The lowest BCUT2D eigenvalue weighted by Gasteiger charge is -2.14. The Hall–Kier alpha value is -1.62. The third kappa shape index (κ3) is 2.31. The lowest BCUT2D eigenvalue weighted by molar-refractivity contribution is 0.168. The molecule has 0 saturated heterocycles. The molecule has 1 aliphatic rings. The highest BCUT2D eigenvalue weighted by molar-refractivity contribution is 5.63. The van der Waals surface area contributed by atoms with Gasteiger partial charge in [0.2, 0.25) is 18.3 Å². The number of aliphatic hydroxyl groups is 1. The van der Waals surface area contributed by atoms with E-state index in [9.17, 15) is 5.11 Å². The van der Waals surface area contributed by atoms with Crippen LogP contribution in [0.4, 0.5) is 0 Å². The van der Waals surface area contributed by atoms with Crippen LogP contribution >= 0.6 is 0 Å². The highest BCUT2D eigenvalue weighted by atomic mass is 16.7. The number of rotatable bonds is 5. The number of fused-ring (bicyclic) bond motifs is 1. The Bertz CT molecular complexity index is 428. The van der Waals surface area contributed by atoms with E-state index in [1.807, 2.05) is 6.07 Å². The van der Waals surface area contributed by atoms with Crippen LogP contribution in [0.2, 0.25) is 0 Å². The fourth-order valence-electron chi connectivity index (χ4n) is 1.99. The molecule has 0 bridgehead atoms. The van der Waals surface area contributed by atoms with Crippen molar-refractivity contribution in [2.75, 3.05) is 21.0 Å². The Balaban J connectivity index is 2.38. The molecule has 5 heteroatoms. The fourth-order valence-corrected chi connectivity index (χ4v) is 1.99. The van der Waals surface area contributed by atoms with Gasteiger partial charge in [-0.3, -0.25) is 0 Å². The van der Waals surface area contributed by atoms with Crippen molar-refractivity contribution < 1.29 is 24.1 Å². The quantitative estimate of drug-likeness (QED) is 0.867. The van der Waals surface area contributed by atoms with Crippen molar-refractivity contribution in [2.24, 2.45) is 0 Å². The largest absolute Gasteiger partial charge is 0.493 e. The van der Waals surface area contributed by atoms with Gasteiger partial charge in [0.05, 0.1) is 20.3 Å². The first-order valence-electron chi connectivity index (χ1n) is 5.89. The number of aliphatic hydroxyl groups excluding tert-OH is 1. The average Bonchev–Trinajstić information content (AvgIpc) is 2.83. The van der Waals surface area contributed by atoms with E-state index in [1.54, 1.807) is 21.1 Å². The molecule has 1 aromatic rings. The maximum Gasteiger partial charge on any atom is 0.231 e. The number of hydrogen-bond donors (Lipinski definition) is 1. The zero-order valence-electron chi connectivity index (χ0n) is 10.9. The molecular weight excluding hydrogens is 236 g/mol.